The van der Waals surface area contributed by atoms with Crippen LogP contribution in [0.15, 0.2) is 61.8 Å². The number of nitrogens with zero attached hydrogens (tertiary/aromatic N) is 3. The Bertz CT molecular complexity index is 1310. The molecule has 210 valence electrons. The molecular weight excluding hydrogens is 495 g/mol. The molecule has 2 amide bonds. The molecule has 8 heteroatoms. The van der Waals surface area contributed by atoms with Crippen LogP contribution in [0.2, 0.25) is 0 Å². The molecular formula is C31H41FN4O3. The van der Waals surface area contributed by atoms with Crippen molar-refractivity contribution in [3.05, 3.63) is 84.3 Å². The Kier molecular flexibility index (Phi) is 10.2. The summed E-state index contributed by atoms with van der Waals surface area (Å²) in [5, 5.41) is 0.638. The number of hydrogen-bond acceptors (Lipinski definition) is 4. The maximum Gasteiger partial charge on any atom is 0.294 e. The third-order valence-corrected chi connectivity index (χ3v) is 7.42. The van der Waals surface area contributed by atoms with Crippen LogP contribution in [0.25, 0.3) is 10.9 Å². The SMILES string of the molecule is C=C.CC[C@@H]1CN(Cc2ccc(F)cc2)[C@@H](C)CN1C(=O)c1c[nH]c2ccc(C(=O)C(=O)N(CC)CC)cc12.[HH]. The predicted octanol–water partition coefficient (Wildman–Crippen LogP) is 5.53. The number of fused-ring (bicyclic) bond motifs is 1. The number of aromatic nitrogens is 1. The number of Topliss-reactive ketones (excluding diaryl/α,β-unsaturated/α-hetero) is 1. The third-order valence-electron chi connectivity index (χ3n) is 7.42. The minimum absolute atomic E-state index is 0. The Morgan fingerprint density at radius 1 is 1.05 bits per heavy atom. The molecule has 0 spiro atoms. The molecule has 2 atom stereocenters. The number of rotatable bonds is 8. The molecule has 2 heterocycles. The van der Waals surface area contributed by atoms with E-state index in [0.29, 0.717) is 43.7 Å². The molecule has 1 aromatic heterocycles. The van der Waals surface area contributed by atoms with Crippen molar-refractivity contribution >= 4 is 28.5 Å². The molecule has 4 rings (SSSR count). The van der Waals surface area contributed by atoms with Gasteiger partial charge in [-0.3, -0.25) is 19.3 Å². The first kappa shape index (κ1) is 29.8. The van der Waals surface area contributed by atoms with Crippen LogP contribution >= 0.6 is 0 Å². The average Bonchev–Trinajstić information content (AvgIpc) is 3.39. The quantitative estimate of drug-likeness (QED) is 0.233. The molecule has 1 N–H and O–H groups in total. The van der Waals surface area contributed by atoms with Crippen molar-refractivity contribution in [3.8, 4) is 0 Å². The fourth-order valence-electron chi connectivity index (χ4n) is 5.11. The van der Waals surface area contributed by atoms with Gasteiger partial charge < -0.3 is 14.8 Å². The van der Waals surface area contributed by atoms with E-state index in [0.717, 1.165) is 17.5 Å². The van der Waals surface area contributed by atoms with Gasteiger partial charge in [0.25, 0.3) is 11.8 Å². The topological polar surface area (TPSA) is 76.7 Å². The summed E-state index contributed by atoms with van der Waals surface area (Å²) in [7, 11) is 0. The molecule has 2 aromatic carbocycles. The van der Waals surface area contributed by atoms with E-state index in [1.165, 1.54) is 17.0 Å². The lowest BCUT2D eigenvalue weighted by atomic mass is 10.0. The molecule has 0 unspecified atom stereocenters. The monoisotopic (exact) mass is 536 g/mol. The standard InChI is InChI=1S/C29H35FN4O3.C2H4.H2/c1-5-23-18-33(17-20-8-11-22(30)12-9-20)19(4)16-34(23)28(36)25-15-31-26-13-10-21(14-24(25)26)27(35)29(37)32(6-2)7-3;1-2;/h8-15,19,23,31H,5-7,16-18H2,1-4H3;1-2H2;1H/t19-,23+;;/m0../s1. The number of benzene rings is 2. The predicted molar refractivity (Wildman–Crippen MR) is 155 cm³/mol. The summed E-state index contributed by atoms with van der Waals surface area (Å²) in [6.45, 7) is 16.7. The highest BCUT2D eigenvalue weighted by Crippen LogP contribution is 2.26. The number of likely N-dealkylation sites (N-methyl/N-ethyl adjacent to an activating group) is 1. The lowest BCUT2D eigenvalue weighted by Gasteiger charge is -2.45. The van der Waals surface area contributed by atoms with Crippen LogP contribution < -0.4 is 0 Å². The van der Waals surface area contributed by atoms with E-state index in [-0.39, 0.29) is 30.8 Å². The number of aromatic amines is 1. The van der Waals surface area contributed by atoms with Gasteiger partial charge in [-0.05, 0) is 63.1 Å². The maximum absolute atomic E-state index is 13.8. The van der Waals surface area contributed by atoms with E-state index in [1.807, 2.05) is 18.7 Å². The molecule has 39 heavy (non-hydrogen) atoms. The van der Waals surface area contributed by atoms with Crippen LogP contribution in [0.5, 0.6) is 0 Å². The summed E-state index contributed by atoms with van der Waals surface area (Å²) in [4.78, 5) is 48.2. The summed E-state index contributed by atoms with van der Waals surface area (Å²) >= 11 is 0. The van der Waals surface area contributed by atoms with Crippen LogP contribution in [-0.4, -0.2) is 75.5 Å². The van der Waals surface area contributed by atoms with Crippen molar-refractivity contribution < 1.29 is 20.2 Å². The highest BCUT2D eigenvalue weighted by Gasteiger charge is 2.35. The smallest absolute Gasteiger partial charge is 0.294 e. The Hall–Kier alpha value is -3.78. The fourth-order valence-corrected chi connectivity index (χ4v) is 5.11. The number of halogens is 1. The number of ketones is 1. The summed E-state index contributed by atoms with van der Waals surface area (Å²) in [6.07, 6.45) is 2.48. The van der Waals surface area contributed by atoms with Gasteiger partial charge in [0, 0.05) is 68.9 Å². The third kappa shape index (κ3) is 6.45. The van der Waals surface area contributed by atoms with Crippen LogP contribution in [0.1, 0.15) is 61.8 Å². The van der Waals surface area contributed by atoms with E-state index < -0.39 is 11.7 Å². The Morgan fingerprint density at radius 2 is 1.72 bits per heavy atom. The fraction of sp³-hybridized carbons (Fsp3) is 0.387. The molecule has 0 aliphatic carbocycles. The number of H-pyrrole nitrogens is 1. The van der Waals surface area contributed by atoms with Crippen LogP contribution in [0, 0.1) is 5.82 Å². The molecule has 0 bridgehead atoms. The van der Waals surface area contributed by atoms with Gasteiger partial charge in [0.2, 0.25) is 5.78 Å². The second kappa shape index (κ2) is 13.3. The van der Waals surface area contributed by atoms with E-state index in [1.54, 1.807) is 36.5 Å². The second-order valence-corrected chi connectivity index (χ2v) is 9.69. The van der Waals surface area contributed by atoms with Gasteiger partial charge >= 0.3 is 0 Å². The summed E-state index contributed by atoms with van der Waals surface area (Å²) in [6, 6.07) is 11.7. The maximum atomic E-state index is 13.8. The van der Waals surface area contributed by atoms with Crippen molar-refractivity contribution in [1.82, 2.24) is 19.7 Å². The number of hydrogen-bond donors (Lipinski definition) is 1. The number of nitrogens with one attached hydrogen (secondary N) is 1. The van der Waals surface area contributed by atoms with Gasteiger partial charge in [0.15, 0.2) is 0 Å². The molecule has 7 nitrogen and oxygen atoms in total. The lowest BCUT2D eigenvalue weighted by molar-refractivity contribution is -0.126. The van der Waals surface area contributed by atoms with Crippen molar-refractivity contribution in [3.63, 3.8) is 0 Å². The first-order valence-corrected chi connectivity index (χ1v) is 13.5. The van der Waals surface area contributed by atoms with Gasteiger partial charge in [0.1, 0.15) is 5.82 Å². The van der Waals surface area contributed by atoms with Crippen molar-refractivity contribution in [1.29, 1.82) is 0 Å². The van der Waals surface area contributed by atoms with Gasteiger partial charge in [-0.25, -0.2) is 4.39 Å². The number of piperazine rings is 1. The van der Waals surface area contributed by atoms with E-state index in [9.17, 15) is 18.8 Å². The number of carbonyl (C=O) groups excluding carboxylic acids is 3. The van der Waals surface area contributed by atoms with Gasteiger partial charge in [0.05, 0.1) is 5.56 Å². The van der Waals surface area contributed by atoms with Gasteiger partial charge in [-0.1, -0.05) is 19.1 Å². The largest absolute Gasteiger partial charge is 0.360 e. The summed E-state index contributed by atoms with van der Waals surface area (Å²) < 4.78 is 13.3. The van der Waals surface area contributed by atoms with Gasteiger partial charge in [-0.2, -0.15) is 0 Å². The van der Waals surface area contributed by atoms with Crippen molar-refractivity contribution in [2.45, 2.75) is 52.7 Å². The summed E-state index contributed by atoms with van der Waals surface area (Å²) in [5.74, 6) is -1.45. The van der Waals surface area contributed by atoms with E-state index in [2.05, 4.69) is 36.9 Å². The average molecular weight is 537 g/mol. The lowest BCUT2D eigenvalue weighted by Crippen LogP contribution is -2.58. The van der Waals surface area contributed by atoms with E-state index in [4.69, 9.17) is 0 Å². The highest BCUT2D eigenvalue weighted by molar-refractivity contribution is 6.43. The van der Waals surface area contributed by atoms with Gasteiger partial charge in [-0.15, -0.1) is 13.2 Å². The van der Waals surface area contributed by atoms with Crippen LogP contribution in [-0.2, 0) is 11.3 Å². The molecule has 1 aliphatic heterocycles. The summed E-state index contributed by atoms with van der Waals surface area (Å²) in [5.41, 5.74) is 2.56. The molecule has 3 aromatic rings. The Balaban J connectivity index is 0.00000183. The minimum Gasteiger partial charge on any atom is -0.360 e. The molecule has 1 saturated heterocycles. The molecule has 0 radical (unpaired) electrons. The first-order valence-electron chi connectivity index (χ1n) is 13.5. The molecule has 1 fully saturated rings. The zero-order valence-corrected chi connectivity index (χ0v) is 23.4. The number of amides is 2. The van der Waals surface area contributed by atoms with Crippen LogP contribution in [0.3, 0.4) is 0 Å². The minimum atomic E-state index is -0.570. The zero-order valence-electron chi connectivity index (χ0n) is 23.4. The Morgan fingerprint density at radius 3 is 2.33 bits per heavy atom. The molecule has 1 aliphatic rings. The normalized spacial score (nSPS) is 17.4. The Labute approximate surface area is 231 Å². The second-order valence-electron chi connectivity index (χ2n) is 9.69. The zero-order chi connectivity index (χ0) is 28.7. The van der Waals surface area contributed by atoms with Crippen molar-refractivity contribution in [2.75, 3.05) is 26.2 Å². The molecule has 0 saturated carbocycles. The van der Waals surface area contributed by atoms with Crippen molar-refractivity contribution in [2.24, 2.45) is 0 Å². The first-order chi connectivity index (χ1) is 18.8. The highest BCUT2D eigenvalue weighted by atomic mass is 19.1. The van der Waals surface area contributed by atoms with E-state index >= 15 is 0 Å². The number of carbonyl (C=O) groups is 3. The van der Waals surface area contributed by atoms with Crippen LogP contribution in [0.4, 0.5) is 4.39 Å².